The van der Waals surface area contributed by atoms with Crippen LogP contribution in [-0.4, -0.2) is 89.2 Å². The van der Waals surface area contributed by atoms with Crippen molar-refractivity contribution in [3.63, 3.8) is 0 Å². The second-order valence-electron chi connectivity index (χ2n) is 20.9. The van der Waals surface area contributed by atoms with Crippen molar-refractivity contribution in [1.82, 2.24) is 0 Å². The molecule has 1 aliphatic heterocycles. The van der Waals surface area contributed by atoms with Gasteiger partial charge in [0.2, 0.25) is 0 Å². The normalized spacial score (nSPS) is 18.5. The molecule has 0 spiro atoms. The Morgan fingerprint density at radius 1 is 0.430 bits per heavy atom. The fourth-order valence-corrected chi connectivity index (χ4v) is 8.84. The van der Waals surface area contributed by atoms with Crippen molar-refractivity contribution in [1.29, 1.82) is 0 Å². The van der Waals surface area contributed by atoms with Gasteiger partial charge < -0.3 is 39.0 Å². The third kappa shape index (κ3) is 44.0. The summed E-state index contributed by atoms with van der Waals surface area (Å²) in [6.07, 6.45) is 59.4. The topological polar surface area (TPSA) is 175 Å². The number of hydrogen-bond acceptors (Lipinski definition) is 11. The zero-order chi connectivity index (χ0) is 57.5. The highest BCUT2D eigenvalue weighted by Crippen LogP contribution is 2.26. The van der Waals surface area contributed by atoms with E-state index in [-0.39, 0.29) is 25.9 Å². The van der Waals surface area contributed by atoms with E-state index in [2.05, 4.69) is 118 Å². The Morgan fingerprint density at radius 2 is 0.823 bits per heavy atom. The number of aliphatic carboxylic acids is 1. The van der Waals surface area contributed by atoms with Crippen LogP contribution in [0, 0.1) is 0 Å². The van der Waals surface area contributed by atoms with Gasteiger partial charge in [0.15, 0.2) is 24.6 Å². The summed E-state index contributed by atoms with van der Waals surface area (Å²) in [6, 6.07) is 0. The number of carboxylic acids is 1. The summed E-state index contributed by atoms with van der Waals surface area (Å²) >= 11 is 0. The van der Waals surface area contributed by atoms with Crippen LogP contribution in [0.3, 0.4) is 0 Å². The number of aliphatic hydroxyl groups excluding tert-OH is 2. The summed E-state index contributed by atoms with van der Waals surface area (Å²) in [5.74, 6) is -3.18. The van der Waals surface area contributed by atoms with E-state index in [4.69, 9.17) is 23.7 Å². The Bertz CT molecular complexity index is 1740. The smallest absolute Gasteiger partial charge is 0.335 e. The molecule has 1 saturated heterocycles. The van der Waals surface area contributed by atoms with Gasteiger partial charge in [-0.1, -0.05) is 214 Å². The number of hydrogen-bond donors (Lipinski definition) is 3. The van der Waals surface area contributed by atoms with Gasteiger partial charge in [0, 0.05) is 19.3 Å². The van der Waals surface area contributed by atoms with Gasteiger partial charge in [-0.15, -0.1) is 0 Å². The lowest BCUT2D eigenvalue weighted by Gasteiger charge is -2.40. The first-order valence-corrected chi connectivity index (χ1v) is 31.2. The molecule has 6 atom stereocenters. The van der Waals surface area contributed by atoms with Gasteiger partial charge in [0.1, 0.15) is 18.8 Å². The first-order valence-electron chi connectivity index (χ1n) is 31.2. The molecule has 0 radical (unpaired) electrons. The van der Waals surface area contributed by atoms with Gasteiger partial charge in [-0.25, -0.2) is 4.79 Å². The van der Waals surface area contributed by atoms with Crippen molar-refractivity contribution < 1.29 is 58.2 Å². The highest BCUT2D eigenvalue weighted by molar-refractivity contribution is 5.74. The molecule has 0 saturated carbocycles. The minimum Gasteiger partial charge on any atom is -0.479 e. The van der Waals surface area contributed by atoms with Crippen LogP contribution >= 0.6 is 0 Å². The Morgan fingerprint density at radius 3 is 1.27 bits per heavy atom. The summed E-state index contributed by atoms with van der Waals surface area (Å²) in [4.78, 5) is 51.2. The molecule has 1 aliphatic rings. The number of carboxylic acid groups (broad SMARTS) is 1. The molecular formula is C67H110O12. The summed E-state index contributed by atoms with van der Waals surface area (Å²) < 4.78 is 28.4. The van der Waals surface area contributed by atoms with E-state index >= 15 is 0 Å². The maximum absolute atomic E-state index is 13.2. The van der Waals surface area contributed by atoms with Crippen molar-refractivity contribution in [2.75, 3.05) is 13.2 Å². The fraction of sp³-hybridized carbons (Fsp3) is 0.701. The maximum atomic E-state index is 13.2. The molecule has 3 N–H and O–H groups in total. The molecule has 12 heteroatoms. The van der Waals surface area contributed by atoms with Crippen LogP contribution in [0.5, 0.6) is 0 Å². The van der Waals surface area contributed by atoms with Gasteiger partial charge in [-0.3, -0.25) is 14.4 Å². The summed E-state index contributed by atoms with van der Waals surface area (Å²) in [6.45, 7) is 5.77. The molecule has 79 heavy (non-hydrogen) atoms. The molecule has 1 rings (SSSR count). The van der Waals surface area contributed by atoms with E-state index in [0.29, 0.717) is 19.3 Å². The van der Waals surface area contributed by atoms with Gasteiger partial charge >= 0.3 is 23.9 Å². The van der Waals surface area contributed by atoms with Crippen molar-refractivity contribution in [2.45, 2.75) is 289 Å². The fourth-order valence-electron chi connectivity index (χ4n) is 8.84. The number of ether oxygens (including phenoxy) is 5. The largest absolute Gasteiger partial charge is 0.479 e. The lowest BCUT2D eigenvalue weighted by molar-refractivity contribution is -0.301. The van der Waals surface area contributed by atoms with Crippen LogP contribution in [-0.2, 0) is 42.9 Å². The number of rotatable bonds is 52. The zero-order valence-corrected chi connectivity index (χ0v) is 49.6. The predicted molar refractivity (Wildman–Crippen MR) is 321 cm³/mol. The van der Waals surface area contributed by atoms with Crippen molar-refractivity contribution in [3.05, 3.63) is 97.2 Å². The van der Waals surface area contributed by atoms with E-state index in [1.165, 1.54) is 57.8 Å². The standard InChI is InChI=1S/C67H110O12/c1-4-7-10-13-16-19-22-25-27-29-30-32-33-36-38-41-44-47-50-53-59(68)75-56-58(77-60(69)54-51-48-45-42-39-35-24-21-18-15-12-9-6-3)57-76-67-65(63(72)62(71)64(79-67)66(73)74)78-61(70)55-52-49-46-43-40-37-34-31-28-26-23-20-17-14-11-8-5-2/h8,11-12,15-17,19-21,24-28,34,37,58,62-65,67,71-72H,4-7,9-10,13-14,18,22-23,29-33,35-36,38-57H2,1-3H3,(H,73,74)/b11-8-,15-12-,19-16-,20-17-,24-21-,27-25-,28-26-,37-34-. The molecule has 12 nitrogen and oxygen atoms in total. The number of unbranched alkanes of at least 4 members (excludes halogenated alkanes) is 22. The molecule has 450 valence electrons. The number of carbonyl (C=O) groups excluding carboxylic acids is 3. The molecule has 0 aromatic heterocycles. The van der Waals surface area contributed by atoms with Crippen molar-refractivity contribution >= 4 is 23.9 Å². The average molecular weight is 1110 g/mol. The third-order valence-corrected chi connectivity index (χ3v) is 13.6. The van der Waals surface area contributed by atoms with Crippen LogP contribution in [0.25, 0.3) is 0 Å². The molecule has 1 fully saturated rings. The molecular weight excluding hydrogens is 997 g/mol. The lowest BCUT2D eigenvalue weighted by Crippen LogP contribution is -2.61. The Balaban J connectivity index is 2.68. The molecule has 0 bridgehead atoms. The number of allylic oxidation sites excluding steroid dienone is 16. The highest BCUT2D eigenvalue weighted by atomic mass is 16.7. The Labute approximate surface area is 479 Å². The number of carbonyl (C=O) groups is 4. The highest BCUT2D eigenvalue weighted by Gasteiger charge is 2.50. The zero-order valence-electron chi connectivity index (χ0n) is 49.6. The van der Waals surface area contributed by atoms with Crippen LogP contribution < -0.4 is 0 Å². The molecule has 6 unspecified atom stereocenters. The van der Waals surface area contributed by atoms with Gasteiger partial charge in [-0.05, 0) is 116 Å². The second-order valence-corrected chi connectivity index (χ2v) is 20.9. The van der Waals surface area contributed by atoms with E-state index in [1.54, 1.807) is 0 Å². The molecule has 0 aromatic carbocycles. The lowest BCUT2D eigenvalue weighted by atomic mass is 9.98. The van der Waals surface area contributed by atoms with Gasteiger partial charge in [0.25, 0.3) is 0 Å². The van der Waals surface area contributed by atoms with Crippen LogP contribution in [0.1, 0.15) is 252 Å². The van der Waals surface area contributed by atoms with Crippen LogP contribution in [0.2, 0.25) is 0 Å². The summed E-state index contributed by atoms with van der Waals surface area (Å²) in [5, 5.41) is 31.5. The predicted octanol–water partition coefficient (Wildman–Crippen LogP) is 16.5. The van der Waals surface area contributed by atoms with Crippen LogP contribution in [0.15, 0.2) is 97.2 Å². The molecule has 0 aromatic rings. The third-order valence-electron chi connectivity index (χ3n) is 13.6. The van der Waals surface area contributed by atoms with E-state index in [1.807, 2.05) is 0 Å². The first kappa shape index (κ1) is 72.7. The SMILES string of the molecule is CC/C=C\C/C=C\C/C=C\C/C=C\CCCCCCC(=O)OC1C(OCC(COC(=O)CCCCCCCCCCC/C=C\C/C=C\CCCCC)OC(=O)CCCCCCC/C=C\C/C=C\CCC)OC(C(=O)O)C(O)C1O. The maximum Gasteiger partial charge on any atom is 0.335 e. The van der Waals surface area contributed by atoms with Crippen molar-refractivity contribution in [2.24, 2.45) is 0 Å². The second kappa shape index (κ2) is 54.2. The van der Waals surface area contributed by atoms with Gasteiger partial charge in [0.05, 0.1) is 6.61 Å². The summed E-state index contributed by atoms with van der Waals surface area (Å²) in [5.41, 5.74) is 0. The minimum absolute atomic E-state index is 0.0266. The van der Waals surface area contributed by atoms with Gasteiger partial charge in [-0.2, -0.15) is 0 Å². The Hall–Kier alpha value is -4.36. The number of esters is 3. The molecule has 0 amide bonds. The van der Waals surface area contributed by atoms with Crippen LogP contribution in [0.4, 0.5) is 0 Å². The minimum atomic E-state index is -1.92. The van der Waals surface area contributed by atoms with E-state index in [9.17, 15) is 34.5 Å². The first-order chi connectivity index (χ1) is 38.6. The van der Waals surface area contributed by atoms with E-state index in [0.717, 1.165) is 135 Å². The molecule has 0 aliphatic carbocycles. The monoisotopic (exact) mass is 1110 g/mol. The quantitative estimate of drug-likeness (QED) is 0.0228. The summed E-state index contributed by atoms with van der Waals surface area (Å²) in [7, 11) is 0. The Kier molecular flexibility index (Phi) is 49.9. The van der Waals surface area contributed by atoms with Crippen molar-refractivity contribution in [3.8, 4) is 0 Å². The molecule has 1 heterocycles. The average Bonchev–Trinajstić information content (AvgIpc) is 3.46. The number of aliphatic hydroxyl groups is 2. The van der Waals surface area contributed by atoms with E-state index < -0.39 is 67.3 Å².